The van der Waals surface area contributed by atoms with Crippen LogP contribution in [-0.2, 0) is 0 Å². The van der Waals surface area contributed by atoms with Gasteiger partial charge in [0.25, 0.3) is 5.91 Å². The lowest BCUT2D eigenvalue weighted by Gasteiger charge is -2.05. The summed E-state index contributed by atoms with van der Waals surface area (Å²) >= 11 is 7.44. The van der Waals surface area contributed by atoms with E-state index in [2.05, 4.69) is 5.10 Å². The fourth-order valence-electron chi connectivity index (χ4n) is 2.31. The second kappa shape index (κ2) is 6.79. The van der Waals surface area contributed by atoms with Crippen molar-refractivity contribution in [3.8, 4) is 0 Å². The third-order valence-corrected chi connectivity index (χ3v) is 5.10. The Hall–Kier alpha value is -2.11. The van der Waals surface area contributed by atoms with E-state index in [1.54, 1.807) is 0 Å². The first kappa shape index (κ1) is 16.7. The van der Waals surface area contributed by atoms with Crippen LogP contribution in [0.4, 0.5) is 4.39 Å². The zero-order chi connectivity index (χ0) is 17.3. The van der Waals surface area contributed by atoms with E-state index in [1.165, 1.54) is 40.7 Å². The third kappa shape index (κ3) is 3.37. The summed E-state index contributed by atoms with van der Waals surface area (Å²) in [5, 5.41) is 5.03. The zero-order valence-corrected chi connectivity index (χ0v) is 14.7. The maximum Gasteiger partial charge on any atom is 0.278 e. The average molecular weight is 361 g/mol. The zero-order valence-electron chi connectivity index (χ0n) is 13.1. The molecule has 0 saturated heterocycles. The van der Waals surface area contributed by atoms with Crippen LogP contribution in [0.3, 0.4) is 0 Å². The molecule has 0 atom stereocenters. The molecule has 0 bridgehead atoms. The number of carbonyl (C=O) groups excluding carboxylic acids is 1. The number of hydrogen-bond acceptors (Lipinski definition) is 3. The molecule has 24 heavy (non-hydrogen) atoms. The lowest BCUT2D eigenvalue weighted by Crippen LogP contribution is -2.15. The predicted molar refractivity (Wildman–Crippen MR) is 93.4 cm³/mol. The second-order valence-corrected chi connectivity index (χ2v) is 6.80. The van der Waals surface area contributed by atoms with E-state index in [-0.39, 0.29) is 11.7 Å². The van der Waals surface area contributed by atoms with Crippen molar-refractivity contribution in [3.05, 3.63) is 76.3 Å². The Balaban J connectivity index is 1.92. The first-order valence-corrected chi connectivity index (χ1v) is 8.45. The topological polar surface area (TPSA) is 34.9 Å². The van der Waals surface area contributed by atoms with Gasteiger partial charge in [0.15, 0.2) is 0 Å². The summed E-state index contributed by atoms with van der Waals surface area (Å²) in [6.07, 6.45) is 0. The smallest absolute Gasteiger partial charge is 0.267 e. The van der Waals surface area contributed by atoms with Gasteiger partial charge in [-0.15, -0.1) is 0 Å². The van der Waals surface area contributed by atoms with Gasteiger partial charge in [-0.05, 0) is 62.4 Å². The van der Waals surface area contributed by atoms with Crippen LogP contribution < -0.4 is 0 Å². The summed E-state index contributed by atoms with van der Waals surface area (Å²) in [5.41, 5.74) is 1.91. The normalized spacial score (nSPS) is 10.8. The van der Waals surface area contributed by atoms with Crippen LogP contribution in [0.15, 0.2) is 58.3 Å². The Morgan fingerprint density at radius 2 is 1.71 bits per heavy atom. The van der Waals surface area contributed by atoms with E-state index in [1.807, 2.05) is 38.1 Å². The van der Waals surface area contributed by atoms with Gasteiger partial charge in [0.1, 0.15) is 5.82 Å². The summed E-state index contributed by atoms with van der Waals surface area (Å²) < 4.78 is 14.4. The van der Waals surface area contributed by atoms with Gasteiger partial charge in [-0.2, -0.15) is 9.78 Å². The molecular weight excluding hydrogens is 347 g/mol. The lowest BCUT2D eigenvalue weighted by molar-refractivity contribution is 0.0942. The number of nitrogens with zero attached hydrogens (tertiary/aromatic N) is 2. The molecule has 0 aliphatic carbocycles. The predicted octanol–water partition coefficient (Wildman–Crippen LogP) is 5.13. The molecule has 122 valence electrons. The SMILES string of the molecule is Cc1nn(C(=O)c2ccc(F)cc2)c(C)c1Sc1ccc(Cl)cc1. The second-order valence-electron chi connectivity index (χ2n) is 5.28. The van der Waals surface area contributed by atoms with Crippen LogP contribution >= 0.6 is 23.4 Å². The highest BCUT2D eigenvalue weighted by atomic mass is 35.5. The van der Waals surface area contributed by atoms with Gasteiger partial charge in [0, 0.05) is 15.5 Å². The number of rotatable bonds is 3. The molecule has 3 aromatic rings. The van der Waals surface area contributed by atoms with Crippen molar-refractivity contribution in [2.75, 3.05) is 0 Å². The number of hydrogen-bond donors (Lipinski definition) is 0. The fourth-order valence-corrected chi connectivity index (χ4v) is 3.37. The first-order chi connectivity index (χ1) is 11.5. The Labute approximate surface area is 148 Å². The monoisotopic (exact) mass is 360 g/mol. The molecule has 0 saturated carbocycles. The summed E-state index contributed by atoms with van der Waals surface area (Å²) in [4.78, 5) is 14.5. The average Bonchev–Trinajstić information content (AvgIpc) is 2.85. The highest BCUT2D eigenvalue weighted by molar-refractivity contribution is 7.99. The summed E-state index contributed by atoms with van der Waals surface area (Å²) in [5.74, 6) is -0.655. The molecule has 0 unspecified atom stereocenters. The maximum absolute atomic E-state index is 13.0. The van der Waals surface area contributed by atoms with Crippen molar-refractivity contribution in [2.45, 2.75) is 23.6 Å². The molecule has 1 aromatic heterocycles. The van der Waals surface area contributed by atoms with E-state index >= 15 is 0 Å². The number of halogens is 2. The van der Waals surface area contributed by atoms with E-state index in [9.17, 15) is 9.18 Å². The summed E-state index contributed by atoms with van der Waals surface area (Å²) in [6.45, 7) is 3.71. The van der Waals surface area contributed by atoms with Crippen LogP contribution in [0.1, 0.15) is 21.7 Å². The first-order valence-electron chi connectivity index (χ1n) is 7.25. The van der Waals surface area contributed by atoms with Gasteiger partial charge in [-0.25, -0.2) is 4.39 Å². The van der Waals surface area contributed by atoms with Gasteiger partial charge in [0.05, 0.1) is 16.3 Å². The largest absolute Gasteiger partial charge is 0.278 e. The molecule has 0 radical (unpaired) electrons. The van der Waals surface area contributed by atoms with Gasteiger partial charge in [-0.1, -0.05) is 23.4 Å². The van der Waals surface area contributed by atoms with Crippen molar-refractivity contribution >= 4 is 29.3 Å². The van der Waals surface area contributed by atoms with Crippen LogP contribution in [0.2, 0.25) is 5.02 Å². The van der Waals surface area contributed by atoms with Crippen molar-refractivity contribution in [1.29, 1.82) is 0 Å². The Morgan fingerprint density at radius 3 is 2.33 bits per heavy atom. The Bertz CT molecular complexity index is 889. The quantitative estimate of drug-likeness (QED) is 0.649. The van der Waals surface area contributed by atoms with Crippen molar-refractivity contribution in [3.63, 3.8) is 0 Å². The Morgan fingerprint density at radius 1 is 1.08 bits per heavy atom. The number of aromatic nitrogens is 2. The van der Waals surface area contributed by atoms with Gasteiger partial charge >= 0.3 is 0 Å². The standard InChI is InChI=1S/C18H14ClFN2OS/c1-11-17(24-16-9-5-14(19)6-10-16)12(2)22(21-11)18(23)13-3-7-15(20)8-4-13/h3-10H,1-2H3. The minimum atomic E-state index is -0.376. The molecule has 3 rings (SSSR count). The van der Waals surface area contributed by atoms with Crippen molar-refractivity contribution < 1.29 is 9.18 Å². The van der Waals surface area contributed by atoms with Gasteiger partial charge in [0.2, 0.25) is 0 Å². The highest BCUT2D eigenvalue weighted by Gasteiger charge is 2.18. The van der Waals surface area contributed by atoms with E-state index in [4.69, 9.17) is 11.6 Å². The highest BCUT2D eigenvalue weighted by Crippen LogP contribution is 2.33. The van der Waals surface area contributed by atoms with E-state index in [0.717, 1.165) is 21.2 Å². The third-order valence-electron chi connectivity index (χ3n) is 3.54. The fraction of sp³-hybridized carbons (Fsp3) is 0.111. The van der Waals surface area contributed by atoms with Crippen molar-refractivity contribution in [1.82, 2.24) is 9.78 Å². The molecule has 3 nitrogen and oxygen atoms in total. The van der Waals surface area contributed by atoms with Gasteiger partial charge in [-0.3, -0.25) is 4.79 Å². The van der Waals surface area contributed by atoms with Crippen LogP contribution in [0.25, 0.3) is 0 Å². The molecule has 0 fully saturated rings. The number of aryl methyl sites for hydroxylation is 1. The molecule has 6 heteroatoms. The number of benzene rings is 2. The molecule has 0 aliphatic heterocycles. The van der Waals surface area contributed by atoms with E-state index < -0.39 is 0 Å². The van der Waals surface area contributed by atoms with Crippen molar-refractivity contribution in [2.24, 2.45) is 0 Å². The summed E-state index contributed by atoms with van der Waals surface area (Å²) in [7, 11) is 0. The molecule has 2 aromatic carbocycles. The van der Waals surface area contributed by atoms with Crippen LogP contribution in [0, 0.1) is 19.7 Å². The van der Waals surface area contributed by atoms with Gasteiger partial charge < -0.3 is 0 Å². The van der Waals surface area contributed by atoms with E-state index in [0.29, 0.717) is 10.6 Å². The molecular formula is C18H14ClFN2OS. The summed E-state index contributed by atoms with van der Waals surface area (Å²) in [6, 6.07) is 12.9. The molecule has 0 aliphatic rings. The molecule has 0 N–H and O–H groups in total. The molecule has 0 amide bonds. The minimum absolute atomic E-state index is 0.279. The number of carbonyl (C=O) groups is 1. The van der Waals surface area contributed by atoms with Crippen LogP contribution in [-0.4, -0.2) is 15.7 Å². The molecule has 1 heterocycles. The minimum Gasteiger partial charge on any atom is -0.267 e. The Kier molecular flexibility index (Phi) is 4.73. The van der Waals surface area contributed by atoms with Crippen LogP contribution in [0.5, 0.6) is 0 Å². The molecule has 0 spiro atoms. The maximum atomic E-state index is 13.0. The lowest BCUT2D eigenvalue weighted by atomic mass is 10.2.